The van der Waals surface area contributed by atoms with Gasteiger partial charge in [0.05, 0.1) is 12.5 Å². The summed E-state index contributed by atoms with van der Waals surface area (Å²) in [6.45, 7) is 3.94. The van der Waals surface area contributed by atoms with Crippen LogP contribution >= 0.6 is 0 Å². The van der Waals surface area contributed by atoms with Gasteiger partial charge < -0.3 is 10.6 Å². The van der Waals surface area contributed by atoms with Gasteiger partial charge in [-0.1, -0.05) is 85.8 Å². The molecule has 3 aromatic rings. The molecule has 3 rings (SSSR count). The van der Waals surface area contributed by atoms with Crippen molar-refractivity contribution in [2.45, 2.75) is 26.2 Å². The summed E-state index contributed by atoms with van der Waals surface area (Å²) in [5.74, 6) is -0.893. The number of benzene rings is 3. The van der Waals surface area contributed by atoms with Gasteiger partial charge in [-0.05, 0) is 35.6 Å². The molecule has 0 atom stereocenters. The number of hydrogen-bond acceptors (Lipinski definition) is 2. The maximum absolute atomic E-state index is 13.0. The Bertz CT molecular complexity index is 929. The van der Waals surface area contributed by atoms with Crippen molar-refractivity contribution in [3.63, 3.8) is 0 Å². The highest BCUT2D eigenvalue weighted by molar-refractivity contribution is 5.97. The molecule has 0 bridgehead atoms. The van der Waals surface area contributed by atoms with Crippen LogP contribution in [0.4, 0.5) is 5.69 Å². The van der Waals surface area contributed by atoms with E-state index < -0.39 is 5.92 Å². The zero-order valence-corrected chi connectivity index (χ0v) is 16.8. The molecule has 0 aliphatic heterocycles. The number of para-hydroxylation sites is 1. The van der Waals surface area contributed by atoms with Crippen molar-refractivity contribution < 1.29 is 9.59 Å². The molecule has 3 aromatic carbocycles. The SMILES string of the molecule is CCc1cccc(C)c1NC(=O)CNC(=O)C(c1ccccc1)c1ccccc1. The first-order valence-corrected chi connectivity index (χ1v) is 9.86. The highest BCUT2D eigenvalue weighted by atomic mass is 16.2. The Balaban J connectivity index is 1.72. The summed E-state index contributed by atoms with van der Waals surface area (Å²) in [6, 6.07) is 25.2. The average Bonchev–Trinajstić information content (AvgIpc) is 2.75. The Morgan fingerprint density at radius 2 is 1.41 bits per heavy atom. The van der Waals surface area contributed by atoms with Crippen LogP contribution in [0.1, 0.15) is 35.1 Å². The van der Waals surface area contributed by atoms with Crippen LogP contribution in [0.5, 0.6) is 0 Å². The first-order chi connectivity index (χ1) is 14.1. The maximum atomic E-state index is 13.0. The summed E-state index contributed by atoms with van der Waals surface area (Å²) in [6.07, 6.45) is 0.827. The van der Waals surface area contributed by atoms with Crippen molar-refractivity contribution in [1.82, 2.24) is 5.32 Å². The monoisotopic (exact) mass is 386 g/mol. The van der Waals surface area contributed by atoms with Gasteiger partial charge in [0.25, 0.3) is 0 Å². The second-order valence-electron chi connectivity index (χ2n) is 6.98. The number of carbonyl (C=O) groups excluding carboxylic acids is 2. The third-order valence-corrected chi connectivity index (χ3v) is 4.96. The lowest BCUT2D eigenvalue weighted by molar-refractivity contribution is -0.124. The number of nitrogens with one attached hydrogen (secondary N) is 2. The Morgan fingerprint density at radius 1 is 0.828 bits per heavy atom. The standard InChI is InChI=1S/C25H26N2O2/c1-3-19-16-10-11-18(2)24(19)27-22(28)17-26-25(29)23(20-12-6-4-7-13-20)21-14-8-5-9-15-21/h4-16,23H,3,17H2,1-2H3,(H,26,29)(H,27,28). The molecule has 0 fully saturated rings. The van der Waals surface area contributed by atoms with Gasteiger partial charge in [-0.3, -0.25) is 9.59 Å². The highest BCUT2D eigenvalue weighted by Crippen LogP contribution is 2.25. The first-order valence-electron chi connectivity index (χ1n) is 9.86. The van der Waals surface area contributed by atoms with Gasteiger partial charge in [0.2, 0.25) is 11.8 Å². The Labute approximate surface area is 172 Å². The zero-order chi connectivity index (χ0) is 20.6. The summed E-state index contributed by atoms with van der Waals surface area (Å²) in [4.78, 5) is 25.5. The predicted octanol–water partition coefficient (Wildman–Crippen LogP) is 4.44. The lowest BCUT2D eigenvalue weighted by Gasteiger charge is -2.18. The van der Waals surface area contributed by atoms with E-state index in [2.05, 4.69) is 17.6 Å². The summed E-state index contributed by atoms with van der Waals surface area (Å²) < 4.78 is 0. The molecule has 0 aromatic heterocycles. The zero-order valence-electron chi connectivity index (χ0n) is 16.8. The number of hydrogen-bond donors (Lipinski definition) is 2. The second kappa shape index (κ2) is 9.69. The fourth-order valence-electron chi connectivity index (χ4n) is 3.44. The van der Waals surface area contributed by atoms with E-state index >= 15 is 0 Å². The third kappa shape index (κ3) is 5.11. The van der Waals surface area contributed by atoms with Gasteiger partial charge >= 0.3 is 0 Å². The molecule has 0 aliphatic carbocycles. The van der Waals surface area contributed by atoms with Crippen molar-refractivity contribution in [3.8, 4) is 0 Å². The second-order valence-corrected chi connectivity index (χ2v) is 6.98. The fourth-order valence-corrected chi connectivity index (χ4v) is 3.44. The van der Waals surface area contributed by atoms with Crippen LogP contribution in [0, 0.1) is 6.92 Å². The molecular formula is C25H26N2O2. The average molecular weight is 386 g/mol. The minimum Gasteiger partial charge on any atom is -0.346 e. The largest absolute Gasteiger partial charge is 0.346 e. The van der Waals surface area contributed by atoms with Crippen LogP contribution in [-0.2, 0) is 16.0 Å². The minimum atomic E-state index is -0.463. The fraction of sp³-hybridized carbons (Fsp3) is 0.200. The van der Waals surface area contributed by atoms with Gasteiger partial charge in [-0.25, -0.2) is 0 Å². The summed E-state index contributed by atoms with van der Waals surface area (Å²) in [7, 11) is 0. The van der Waals surface area contributed by atoms with E-state index in [0.717, 1.165) is 34.4 Å². The van der Waals surface area contributed by atoms with E-state index in [1.807, 2.05) is 85.8 Å². The topological polar surface area (TPSA) is 58.2 Å². The molecule has 0 unspecified atom stereocenters. The number of anilines is 1. The van der Waals surface area contributed by atoms with Crippen molar-refractivity contribution in [3.05, 3.63) is 101 Å². The highest BCUT2D eigenvalue weighted by Gasteiger charge is 2.23. The molecule has 2 amide bonds. The van der Waals surface area contributed by atoms with Gasteiger partial charge in [-0.2, -0.15) is 0 Å². The van der Waals surface area contributed by atoms with E-state index in [1.54, 1.807) is 0 Å². The van der Waals surface area contributed by atoms with Gasteiger partial charge in [0.1, 0.15) is 0 Å². The van der Waals surface area contributed by atoms with E-state index in [1.165, 1.54) is 0 Å². The number of aryl methyl sites for hydroxylation is 2. The molecule has 4 nitrogen and oxygen atoms in total. The van der Waals surface area contributed by atoms with Crippen molar-refractivity contribution in [2.24, 2.45) is 0 Å². The molecule has 0 heterocycles. The van der Waals surface area contributed by atoms with Gasteiger partial charge in [0.15, 0.2) is 0 Å². The van der Waals surface area contributed by atoms with Crippen LogP contribution in [0.3, 0.4) is 0 Å². The van der Waals surface area contributed by atoms with E-state index in [4.69, 9.17) is 0 Å². The molecule has 0 spiro atoms. The van der Waals surface area contributed by atoms with Crippen LogP contribution in [-0.4, -0.2) is 18.4 Å². The molecule has 0 saturated carbocycles. The molecule has 0 aliphatic rings. The molecule has 4 heteroatoms. The van der Waals surface area contributed by atoms with E-state index in [0.29, 0.717) is 0 Å². The predicted molar refractivity (Wildman–Crippen MR) is 117 cm³/mol. The summed E-state index contributed by atoms with van der Waals surface area (Å²) in [5, 5.41) is 5.76. The first kappa shape index (κ1) is 20.3. The van der Waals surface area contributed by atoms with Crippen molar-refractivity contribution in [2.75, 3.05) is 11.9 Å². The molecule has 2 N–H and O–H groups in total. The Morgan fingerprint density at radius 3 is 1.97 bits per heavy atom. The number of rotatable bonds is 7. The molecule has 0 saturated heterocycles. The molecule has 0 radical (unpaired) electrons. The quantitative estimate of drug-likeness (QED) is 0.630. The van der Waals surface area contributed by atoms with Crippen molar-refractivity contribution in [1.29, 1.82) is 0 Å². The summed E-state index contributed by atoms with van der Waals surface area (Å²) in [5.41, 5.74) is 4.70. The third-order valence-electron chi connectivity index (χ3n) is 4.96. The van der Waals surface area contributed by atoms with Crippen LogP contribution < -0.4 is 10.6 Å². The minimum absolute atomic E-state index is 0.0769. The maximum Gasteiger partial charge on any atom is 0.243 e. The van der Waals surface area contributed by atoms with Gasteiger partial charge in [0, 0.05) is 5.69 Å². The summed E-state index contributed by atoms with van der Waals surface area (Å²) >= 11 is 0. The lowest BCUT2D eigenvalue weighted by Crippen LogP contribution is -2.36. The Kier molecular flexibility index (Phi) is 6.80. The van der Waals surface area contributed by atoms with E-state index in [-0.39, 0.29) is 18.4 Å². The number of amides is 2. The van der Waals surface area contributed by atoms with Crippen molar-refractivity contribution >= 4 is 17.5 Å². The normalized spacial score (nSPS) is 10.6. The van der Waals surface area contributed by atoms with Crippen LogP contribution in [0.25, 0.3) is 0 Å². The van der Waals surface area contributed by atoms with Gasteiger partial charge in [-0.15, -0.1) is 0 Å². The van der Waals surface area contributed by atoms with Crippen LogP contribution in [0.2, 0.25) is 0 Å². The van der Waals surface area contributed by atoms with Crippen LogP contribution in [0.15, 0.2) is 78.9 Å². The molecular weight excluding hydrogens is 360 g/mol. The van der Waals surface area contributed by atoms with E-state index in [9.17, 15) is 9.59 Å². The smallest absolute Gasteiger partial charge is 0.243 e. The lowest BCUT2D eigenvalue weighted by atomic mass is 9.90. The number of carbonyl (C=O) groups is 2. The molecule has 29 heavy (non-hydrogen) atoms. The Hall–Kier alpha value is -3.40. The molecule has 148 valence electrons.